The second kappa shape index (κ2) is 4.26. The summed E-state index contributed by atoms with van der Waals surface area (Å²) in [4.78, 5) is 0. The SMILES string of the molecule is Cc1nnc(CNc2c(F)cccc2F)o1. The van der Waals surface area contributed by atoms with E-state index in [4.69, 9.17) is 4.42 Å². The van der Waals surface area contributed by atoms with E-state index in [2.05, 4.69) is 15.5 Å². The fraction of sp³-hybridized carbons (Fsp3) is 0.200. The summed E-state index contributed by atoms with van der Waals surface area (Å²) >= 11 is 0. The number of rotatable bonds is 3. The average molecular weight is 225 g/mol. The highest BCUT2D eigenvalue weighted by Gasteiger charge is 2.09. The molecule has 4 nitrogen and oxygen atoms in total. The molecule has 1 N–H and O–H groups in total. The smallest absolute Gasteiger partial charge is 0.235 e. The average Bonchev–Trinajstić information content (AvgIpc) is 2.63. The highest BCUT2D eigenvalue weighted by Crippen LogP contribution is 2.18. The van der Waals surface area contributed by atoms with Crippen molar-refractivity contribution in [3.8, 4) is 0 Å². The lowest BCUT2D eigenvalue weighted by molar-refractivity contribution is 0.473. The number of nitrogens with zero attached hydrogens (tertiary/aromatic N) is 2. The maximum Gasteiger partial charge on any atom is 0.235 e. The van der Waals surface area contributed by atoms with E-state index in [0.29, 0.717) is 5.89 Å². The molecular weight excluding hydrogens is 216 g/mol. The number of hydrogen-bond donors (Lipinski definition) is 1. The maximum atomic E-state index is 13.2. The van der Waals surface area contributed by atoms with E-state index in [1.807, 2.05) is 0 Å². The summed E-state index contributed by atoms with van der Waals surface area (Å²) in [6, 6.07) is 3.64. The minimum absolute atomic E-state index is 0.0820. The molecule has 0 saturated carbocycles. The van der Waals surface area contributed by atoms with E-state index in [1.54, 1.807) is 6.92 Å². The van der Waals surface area contributed by atoms with Crippen molar-refractivity contribution in [3.63, 3.8) is 0 Å². The van der Waals surface area contributed by atoms with Gasteiger partial charge in [0.05, 0.1) is 6.54 Å². The van der Waals surface area contributed by atoms with Crippen LogP contribution in [-0.2, 0) is 6.54 Å². The predicted octanol–water partition coefficient (Wildman–Crippen LogP) is 2.27. The van der Waals surface area contributed by atoms with Crippen LogP contribution in [0.15, 0.2) is 22.6 Å². The number of nitrogens with one attached hydrogen (secondary N) is 1. The number of aromatic nitrogens is 2. The van der Waals surface area contributed by atoms with Gasteiger partial charge in [-0.25, -0.2) is 8.78 Å². The lowest BCUT2D eigenvalue weighted by Crippen LogP contribution is -2.04. The quantitative estimate of drug-likeness (QED) is 0.870. The van der Waals surface area contributed by atoms with Crippen molar-refractivity contribution >= 4 is 5.69 Å². The van der Waals surface area contributed by atoms with Gasteiger partial charge < -0.3 is 9.73 Å². The summed E-state index contributed by atoms with van der Waals surface area (Å²) in [5.41, 5.74) is -0.196. The molecule has 0 fully saturated rings. The molecule has 84 valence electrons. The summed E-state index contributed by atoms with van der Waals surface area (Å²) in [5, 5.41) is 9.86. The van der Waals surface area contributed by atoms with Crippen LogP contribution in [0.2, 0.25) is 0 Å². The first-order valence-corrected chi connectivity index (χ1v) is 4.63. The Morgan fingerprint density at radius 1 is 1.25 bits per heavy atom. The van der Waals surface area contributed by atoms with Crippen molar-refractivity contribution in [2.24, 2.45) is 0 Å². The van der Waals surface area contributed by atoms with Gasteiger partial charge in [0.2, 0.25) is 11.8 Å². The van der Waals surface area contributed by atoms with E-state index in [-0.39, 0.29) is 18.1 Å². The van der Waals surface area contributed by atoms with E-state index in [1.165, 1.54) is 18.2 Å². The lowest BCUT2D eigenvalue weighted by Gasteiger charge is -2.05. The molecule has 6 heteroatoms. The standard InChI is InChI=1S/C10H9F2N3O/c1-6-14-15-9(16-6)5-13-10-7(11)3-2-4-8(10)12/h2-4,13H,5H2,1H3. The zero-order valence-electron chi connectivity index (χ0n) is 8.50. The van der Waals surface area contributed by atoms with E-state index in [0.717, 1.165) is 0 Å². The highest BCUT2D eigenvalue weighted by molar-refractivity contribution is 5.45. The molecule has 2 rings (SSSR count). The lowest BCUT2D eigenvalue weighted by atomic mass is 10.3. The second-order valence-corrected chi connectivity index (χ2v) is 3.17. The molecular formula is C10H9F2N3O. The van der Waals surface area contributed by atoms with Gasteiger partial charge in [-0.15, -0.1) is 10.2 Å². The van der Waals surface area contributed by atoms with Gasteiger partial charge in [-0.05, 0) is 12.1 Å². The molecule has 0 bridgehead atoms. The van der Waals surface area contributed by atoms with E-state index >= 15 is 0 Å². The molecule has 1 heterocycles. The zero-order chi connectivity index (χ0) is 11.5. The van der Waals surface area contributed by atoms with Gasteiger partial charge >= 0.3 is 0 Å². The van der Waals surface area contributed by atoms with Crippen LogP contribution in [0.3, 0.4) is 0 Å². The number of benzene rings is 1. The molecule has 0 radical (unpaired) electrons. The Labute approximate surface area is 90.3 Å². The Morgan fingerprint density at radius 2 is 1.94 bits per heavy atom. The van der Waals surface area contributed by atoms with Gasteiger partial charge in [0, 0.05) is 6.92 Å². The molecule has 16 heavy (non-hydrogen) atoms. The van der Waals surface area contributed by atoms with Crippen LogP contribution < -0.4 is 5.32 Å². The third kappa shape index (κ3) is 2.16. The molecule has 0 amide bonds. The molecule has 0 saturated heterocycles. The van der Waals surface area contributed by atoms with Crippen LogP contribution >= 0.6 is 0 Å². The largest absolute Gasteiger partial charge is 0.424 e. The van der Waals surface area contributed by atoms with Crippen molar-refractivity contribution in [2.75, 3.05) is 5.32 Å². The van der Waals surface area contributed by atoms with Crippen LogP contribution in [0.4, 0.5) is 14.5 Å². The number of hydrogen-bond acceptors (Lipinski definition) is 4. The van der Waals surface area contributed by atoms with E-state index < -0.39 is 11.6 Å². The number of aryl methyl sites for hydroxylation is 1. The molecule has 1 aromatic carbocycles. The van der Waals surface area contributed by atoms with E-state index in [9.17, 15) is 8.78 Å². The molecule has 0 unspecified atom stereocenters. The topological polar surface area (TPSA) is 51.0 Å². The molecule has 0 atom stereocenters. The van der Waals surface area contributed by atoms with Gasteiger partial charge in [-0.2, -0.15) is 0 Å². The van der Waals surface area contributed by atoms with Crippen molar-refractivity contribution in [1.82, 2.24) is 10.2 Å². The van der Waals surface area contributed by atoms with Crippen LogP contribution in [0, 0.1) is 18.6 Å². The molecule has 0 aliphatic rings. The first kappa shape index (κ1) is 10.5. The predicted molar refractivity (Wildman–Crippen MR) is 52.7 cm³/mol. The van der Waals surface area contributed by atoms with Crippen molar-refractivity contribution < 1.29 is 13.2 Å². The van der Waals surface area contributed by atoms with Gasteiger partial charge in [-0.1, -0.05) is 6.07 Å². The third-order valence-electron chi connectivity index (χ3n) is 1.95. The Morgan fingerprint density at radius 3 is 2.50 bits per heavy atom. The van der Waals surface area contributed by atoms with Gasteiger partial charge in [-0.3, -0.25) is 0 Å². The van der Waals surface area contributed by atoms with Crippen LogP contribution in [-0.4, -0.2) is 10.2 Å². The normalized spacial score (nSPS) is 10.4. The zero-order valence-corrected chi connectivity index (χ0v) is 8.50. The molecule has 0 spiro atoms. The Bertz CT molecular complexity index is 478. The Kier molecular flexibility index (Phi) is 2.80. The fourth-order valence-corrected chi connectivity index (χ4v) is 1.24. The molecule has 1 aromatic heterocycles. The molecule has 2 aromatic rings. The van der Waals surface area contributed by atoms with Crippen LogP contribution in [0.25, 0.3) is 0 Å². The summed E-state index contributed by atoms with van der Waals surface area (Å²) in [7, 11) is 0. The second-order valence-electron chi connectivity index (χ2n) is 3.17. The summed E-state index contributed by atoms with van der Waals surface area (Å²) < 4.78 is 31.4. The Hall–Kier alpha value is -1.98. The number of halogens is 2. The van der Waals surface area contributed by atoms with Crippen molar-refractivity contribution in [1.29, 1.82) is 0 Å². The number of anilines is 1. The van der Waals surface area contributed by atoms with Gasteiger partial charge in [0.25, 0.3) is 0 Å². The van der Waals surface area contributed by atoms with Gasteiger partial charge in [0.1, 0.15) is 17.3 Å². The highest BCUT2D eigenvalue weighted by atomic mass is 19.1. The third-order valence-corrected chi connectivity index (χ3v) is 1.95. The first-order chi connectivity index (χ1) is 7.66. The van der Waals surface area contributed by atoms with Gasteiger partial charge in [0.15, 0.2) is 0 Å². The number of para-hydroxylation sites is 1. The minimum Gasteiger partial charge on any atom is -0.424 e. The summed E-state index contributed by atoms with van der Waals surface area (Å²) in [5.74, 6) is -0.626. The minimum atomic E-state index is -0.656. The first-order valence-electron chi connectivity index (χ1n) is 4.63. The monoisotopic (exact) mass is 225 g/mol. The summed E-state index contributed by atoms with van der Waals surface area (Å²) in [6.45, 7) is 1.72. The summed E-state index contributed by atoms with van der Waals surface area (Å²) in [6.07, 6.45) is 0. The Balaban J connectivity index is 2.10. The van der Waals surface area contributed by atoms with Crippen molar-refractivity contribution in [2.45, 2.75) is 13.5 Å². The fourth-order valence-electron chi connectivity index (χ4n) is 1.24. The van der Waals surface area contributed by atoms with Crippen LogP contribution in [0.5, 0.6) is 0 Å². The molecule has 0 aliphatic carbocycles. The molecule has 0 aliphatic heterocycles. The van der Waals surface area contributed by atoms with Crippen molar-refractivity contribution in [3.05, 3.63) is 41.6 Å². The van der Waals surface area contributed by atoms with Crippen LogP contribution in [0.1, 0.15) is 11.8 Å². The maximum absolute atomic E-state index is 13.2.